The van der Waals surface area contributed by atoms with E-state index in [-0.39, 0.29) is 6.61 Å². The highest BCUT2D eigenvalue weighted by Crippen LogP contribution is 2.60. The summed E-state index contributed by atoms with van der Waals surface area (Å²) in [5.74, 6) is -1.75. The van der Waals surface area contributed by atoms with Crippen LogP contribution in [0.4, 0.5) is 13.2 Å². The van der Waals surface area contributed by atoms with Crippen LogP contribution in [0.3, 0.4) is 0 Å². The smallest absolute Gasteiger partial charge is 0.426 e. The summed E-state index contributed by atoms with van der Waals surface area (Å²) in [7, 11) is 0. The van der Waals surface area contributed by atoms with Gasteiger partial charge in [0, 0.05) is 0 Å². The summed E-state index contributed by atoms with van der Waals surface area (Å²) in [4.78, 5) is 12.5. The van der Waals surface area contributed by atoms with Gasteiger partial charge in [-0.25, -0.2) is 0 Å². The molecule has 0 bridgehead atoms. The third-order valence-electron chi connectivity index (χ3n) is 5.66. The number of halogens is 4. The molecule has 1 aliphatic rings. The van der Waals surface area contributed by atoms with Crippen LogP contribution in [-0.4, -0.2) is 12.1 Å². The molecule has 154 valence electrons. The molecule has 0 radical (unpaired) electrons. The number of hydrogen-bond donors (Lipinski definition) is 0. The fourth-order valence-electron chi connectivity index (χ4n) is 3.70. The van der Waals surface area contributed by atoms with Crippen molar-refractivity contribution in [3.8, 4) is 11.1 Å². The van der Waals surface area contributed by atoms with Crippen molar-refractivity contribution in [2.75, 3.05) is 0 Å². The summed E-state index contributed by atoms with van der Waals surface area (Å²) < 4.78 is 43.5. The Morgan fingerprint density at radius 2 is 1.79 bits per heavy atom. The Labute approximate surface area is 173 Å². The highest BCUT2D eigenvalue weighted by atomic mass is 35.5. The second kappa shape index (κ2) is 7.86. The van der Waals surface area contributed by atoms with E-state index in [2.05, 4.69) is 0 Å². The topological polar surface area (TPSA) is 26.3 Å². The van der Waals surface area contributed by atoms with Crippen LogP contribution in [0.15, 0.2) is 59.6 Å². The van der Waals surface area contributed by atoms with E-state index in [0.29, 0.717) is 0 Å². The van der Waals surface area contributed by atoms with Gasteiger partial charge in [0.1, 0.15) is 11.6 Å². The van der Waals surface area contributed by atoms with Crippen molar-refractivity contribution in [1.29, 1.82) is 0 Å². The van der Waals surface area contributed by atoms with Gasteiger partial charge in [0.15, 0.2) is 0 Å². The molecule has 0 saturated heterocycles. The fourth-order valence-corrected chi connectivity index (χ4v) is 3.84. The monoisotopic (exact) mass is 422 g/mol. The summed E-state index contributed by atoms with van der Waals surface area (Å²) >= 11 is 5.34. The second-order valence-electron chi connectivity index (χ2n) is 7.90. The third kappa shape index (κ3) is 4.50. The predicted molar refractivity (Wildman–Crippen MR) is 107 cm³/mol. The molecule has 3 rings (SSSR count). The Morgan fingerprint density at radius 1 is 1.14 bits per heavy atom. The van der Waals surface area contributed by atoms with Gasteiger partial charge in [0.2, 0.25) is 0 Å². The van der Waals surface area contributed by atoms with Crippen molar-refractivity contribution < 1.29 is 22.7 Å². The fraction of sp³-hybridized carbons (Fsp3) is 0.348. The molecule has 0 amide bonds. The first-order valence-electron chi connectivity index (χ1n) is 9.28. The van der Waals surface area contributed by atoms with E-state index in [1.807, 2.05) is 55.5 Å². The number of carbonyl (C=O) groups is 1. The Balaban J connectivity index is 1.70. The third-order valence-corrected chi connectivity index (χ3v) is 6.00. The molecular formula is C23H22ClF3O2. The summed E-state index contributed by atoms with van der Waals surface area (Å²) in [5.41, 5.74) is 3.34. The molecule has 0 aromatic heterocycles. The van der Waals surface area contributed by atoms with Gasteiger partial charge >= 0.3 is 12.1 Å². The maximum Gasteiger partial charge on any atom is 0.426 e. The van der Waals surface area contributed by atoms with Crippen LogP contribution in [0.2, 0.25) is 0 Å². The van der Waals surface area contributed by atoms with Crippen LogP contribution in [0.1, 0.15) is 25.0 Å². The first-order chi connectivity index (χ1) is 13.5. The summed E-state index contributed by atoms with van der Waals surface area (Å²) in [6.45, 7) is 5.51. The van der Waals surface area contributed by atoms with Crippen LogP contribution < -0.4 is 0 Å². The van der Waals surface area contributed by atoms with Crippen molar-refractivity contribution in [2.24, 2.45) is 17.3 Å². The lowest BCUT2D eigenvalue weighted by atomic mass is 9.97. The summed E-state index contributed by atoms with van der Waals surface area (Å²) in [6, 6.07) is 15.6. The van der Waals surface area contributed by atoms with Crippen molar-refractivity contribution >= 4 is 17.6 Å². The number of rotatable bonds is 5. The molecule has 1 fully saturated rings. The van der Waals surface area contributed by atoms with Crippen LogP contribution in [0.25, 0.3) is 11.1 Å². The minimum absolute atomic E-state index is 0.0708. The van der Waals surface area contributed by atoms with E-state index >= 15 is 0 Å². The zero-order valence-corrected chi connectivity index (χ0v) is 17.1. The van der Waals surface area contributed by atoms with Crippen LogP contribution >= 0.6 is 11.6 Å². The molecule has 0 heterocycles. The Kier molecular flexibility index (Phi) is 5.81. The van der Waals surface area contributed by atoms with Crippen molar-refractivity contribution in [3.05, 3.63) is 70.8 Å². The van der Waals surface area contributed by atoms with Crippen molar-refractivity contribution in [1.82, 2.24) is 0 Å². The minimum Gasteiger partial charge on any atom is -0.461 e. The van der Waals surface area contributed by atoms with Crippen molar-refractivity contribution in [2.45, 2.75) is 33.6 Å². The average Bonchev–Trinajstić information content (AvgIpc) is 3.20. The van der Waals surface area contributed by atoms with Crippen LogP contribution in [0, 0.1) is 24.2 Å². The highest BCUT2D eigenvalue weighted by molar-refractivity contribution is 6.30. The van der Waals surface area contributed by atoms with Crippen LogP contribution in [-0.2, 0) is 16.1 Å². The largest absolute Gasteiger partial charge is 0.461 e. The molecular weight excluding hydrogens is 401 g/mol. The molecule has 0 unspecified atom stereocenters. The SMILES string of the molecule is Cc1c(COC(=O)[C@H]2[C@@H](/C=C(/Cl)C(F)(F)F)C2(C)C)cccc1-c1ccccc1. The van der Waals surface area contributed by atoms with E-state index in [1.54, 1.807) is 13.8 Å². The van der Waals surface area contributed by atoms with E-state index in [9.17, 15) is 18.0 Å². The molecule has 2 atom stereocenters. The van der Waals surface area contributed by atoms with E-state index in [1.165, 1.54) is 0 Å². The second-order valence-corrected chi connectivity index (χ2v) is 8.31. The number of hydrogen-bond acceptors (Lipinski definition) is 2. The Bertz CT molecular complexity index is 933. The molecule has 1 saturated carbocycles. The van der Waals surface area contributed by atoms with Gasteiger partial charge in [-0.05, 0) is 40.5 Å². The molecule has 0 N–H and O–H groups in total. The molecule has 2 aromatic carbocycles. The van der Waals surface area contributed by atoms with Gasteiger partial charge in [-0.3, -0.25) is 4.79 Å². The first-order valence-corrected chi connectivity index (χ1v) is 9.66. The normalized spacial score (nSPS) is 21.0. The average molecular weight is 423 g/mol. The lowest BCUT2D eigenvalue weighted by Gasteiger charge is -2.12. The first kappa shape index (κ1) is 21.4. The Morgan fingerprint density at radius 3 is 2.41 bits per heavy atom. The minimum atomic E-state index is -4.61. The number of ether oxygens (including phenoxy) is 1. The number of carbonyl (C=O) groups excluding carboxylic acids is 1. The lowest BCUT2D eigenvalue weighted by Crippen LogP contribution is -2.11. The van der Waals surface area contributed by atoms with Gasteiger partial charge in [0.05, 0.1) is 5.92 Å². The van der Waals surface area contributed by atoms with E-state index in [4.69, 9.17) is 16.3 Å². The van der Waals surface area contributed by atoms with Gasteiger partial charge in [0.25, 0.3) is 0 Å². The molecule has 2 aromatic rings. The molecule has 0 aliphatic heterocycles. The number of allylic oxidation sites excluding steroid dienone is 2. The van der Waals surface area contributed by atoms with Gasteiger partial charge in [-0.2, -0.15) is 13.2 Å². The molecule has 29 heavy (non-hydrogen) atoms. The molecule has 6 heteroatoms. The lowest BCUT2D eigenvalue weighted by molar-refractivity contribution is -0.147. The quantitative estimate of drug-likeness (QED) is 0.503. The van der Waals surface area contributed by atoms with Gasteiger partial charge < -0.3 is 4.74 Å². The molecule has 1 aliphatic carbocycles. The number of alkyl halides is 3. The predicted octanol–water partition coefficient (Wildman–Crippen LogP) is 6.66. The number of benzene rings is 2. The zero-order valence-electron chi connectivity index (χ0n) is 16.4. The Hall–Kier alpha value is -2.27. The molecule has 2 nitrogen and oxygen atoms in total. The van der Waals surface area contributed by atoms with Gasteiger partial charge in [-0.15, -0.1) is 0 Å². The highest BCUT2D eigenvalue weighted by Gasteiger charge is 2.62. The van der Waals surface area contributed by atoms with E-state index in [0.717, 1.165) is 28.3 Å². The van der Waals surface area contributed by atoms with Crippen LogP contribution in [0.5, 0.6) is 0 Å². The van der Waals surface area contributed by atoms with E-state index < -0.39 is 34.4 Å². The standard InChI is InChI=1S/C23H22ClF3O2/c1-14-16(10-7-11-17(14)15-8-5-4-6-9-15)13-29-21(28)20-18(22(20,2)3)12-19(24)23(25,26)27/h4-12,18,20H,13H2,1-3H3/b19-12+/t18-,20-/m1/s1. The molecule has 0 spiro atoms. The van der Waals surface area contributed by atoms with Gasteiger partial charge in [-0.1, -0.05) is 80.1 Å². The number of esters is 1. The zero-order chi connectivity index (χ0) is 21.4. The van der Waals surface area contributed by atoms with Crippen molar-refractivity contribution in [3.63, 3.8) is 0 Å². The summed E-state index contributed by atoms with van der Waals surface area (Å²) in [5, 5.41) is -1.20. The maximum absolute atomic E-state index is 12.7. The summed E-state index contributed by atoms with van der Waals surface area (Å²) in [6.07, 6.45) is -3.68. The maximum atomic E-state index is 12.7.